The van der Waals surface area contributed by atoms with E-state index in [4.69, 9.17) is 4.74 Å². The molecular weight excluding hydrogens is 296 g/mol. The zero-order valence-corrected chi connectivity index (χ0v) is 12.7. The molecule has 0 N–H and O–H groups in total. The van der Waals surface area contributed by atoms with Crippen LogP contribution in [0.3, 0.4) is 0 Å². The number of carbonyl (C=O) groups is 1. The van der Waals surface area contributed by atoms with Gasteiger partial charge in [-0.25, -0.2) is 13.6 Å². The standard InChI is InChI=1S/C11H19F2NO5S/c1-10(2,3)18-9(15)14-6-5-11(12,13)8(7-14)19-20(4,16)17/h8H,5-7H2,1-4H3/t8-/m0/s1. The Hall–Kier alpha value is -0.960. The Labute approximate surface area is 117 Å². The van der Waals surface area contributed by atoms with Gasteiger partial charge in [0.25, 0.3) is 16.0 Å². The number of ether oxygens (including phenoxy) is 1. The monoisotopic (exact) mass is 315 g/mol. The average Bonchev–Trinajstić information content (AvgIpc) is 2.16. The minimum absolute atomic E-state index is 0.217. The van der Waals surface area contributed by atoms with E-state index in [9.17, 15) is 22.0 Å². The van der Waals surface area contributed by atoms with E-state index in [2.05, 4.69) is 4.18 Å². The van der Waals surface area contributed by atoms with Crippen LogP contribution in [0.2, 0.25) is 0 Å². The molecule has 0 aromatic carbocycles. The van der Waals surface area contributed by atoms with E-state index in [0.717, 1.165) is 4.90 Å². The van der Waals surface area contributed by atoms with Gasteiger partial charge in [0.05, 0.1) is 12.8 Å². The predicted molar refractivity (Wildman–Crippen MR) is 67.1 cm³/mol. The minimum Gasteiger partial charge on any atom is -0.444 e. The fourth-order valence-corrected chi connectivity index (χ4v) is 2.30. The molecule has 118 valence electrons. The highest BCUT2D eigenvalue weighted by atomic mass is 32.2. The van der Waals surface area contributed by atoms with Crippen LogP contribution in [0.25, 0.3) is 0 Å². The van der Waals surface area contributed by atoms with Gasteiger partial charge in [0.2, 0.25) is 0 Å². The van der Waals surface area contributed by atoms with E-state index >= 15 is 0 Å². The summed E-state index contributed by atoms with van der Waals surface area (Å²) in [4.78, 5) is 12.8. The molecule has 0 unspecified atom stereocenters. The lowest BCUT2D eigenvalue weighted by atomic mass is 10.0. The van der Waals surface area contributed by atoms with Crippen molar-refractivity contribution in [3.05, 3.63) is 0 Å². The lowest BCUT2D eigenvalue weighted by Crippen LogP contribution is -2.54. The number of hydrogen-bond acceptors (Lipinski definition) is 5. The Morgan fingerprint density at radius 3 is 2.35 bits per heavy atom. The maximum Gasteiger partial charge on any atom is 0.410 e. The number of rotatable bonds is 2. The van der Waals surface area contributed by atoms with Crippen LogP contribution in [0, 0.1) is 0 Å². The smallest absolute Gasteiger partial charge is 0.410 e. The molecule has 1 atom stereocenters. The molecule has 9 heteroatoms. The highest BCUT2D eigenvalue weighted by molar-refractivity contribution is 7.86. The quantitative estimate of drug-likeness (QED) is 0.724. The molecule has 1 heterocycles. The molecule has 1 rings (SSSR count). The van der Waals surface area contributed by atoms with E-state index in [0.29, 0.717) is 6.26 Å². The van der Waals surface area contributed by atoms with E-state index in [1.165, 1.54) is 0 Å². The maximum atomic E-state index is 13.6. The van der Waals surface area contributed by atoms with Crippen molar-refractivity contribution in [2.24, 2.45) is 0 Å². The second-order valence-electron chi connectivity index (χ2n) is 5.73. The van der Waals surface area contributed by atoms with Crippen LogP contribution in [0.15, 0.2) is 0 Å². The van der Waals surface area contributed by atoms with Crippen LogP contribution < -0.4 is 0 Å². The predicted octanol–water partition coefficient (Wildman–Crippen LogP) is 1.61. The average molecular weight is 315 g/mol. The summed E-state index contributed by atoms with van der Waals surface area (Å²) in [6, 6.07) is 0. The largest absolute Gasteiger partial charge is 0.444 e. The highest BCUT2D eigenvalue weighted by Crippen LogP contribution is 2.32. The molecule has 1 fully saturated rings. The number of piperidine rings is 1. The van der Waals surface area contributed by atoms with Gasteiger partial charge in [-0.05, 0) is 20.8 Å². The summed E-state index contributed by atoms with van der Waals surface area (Å²) in [5.41, 5.74) is -0.760. The molecule has 0 spiro atoms. The van der Waals surface area contributed by atoms with Gasteiger partial charge in [-0.3, -0.25) is 4.18 Å². The summed E-state index contributed by atoms with van der Waals surface area (Å²) in [6.07, 6.45) is -2.64. The maximum absolute atomic E-state index is 13.6. The number of amides is 1. The van der Waals surface area contributed by atoms with E-state index < -0.39 is 46.8 Å². The fourth-order valence-electron chi connectivity index (χ4n) is 1.67. The fraction of sp³-hybridized carbons (Fsp3) is 0.909. The highest BCUT2D eigenvalue weighted by Gasteiger charge is 2.48. The Balaban J connectivity index is 2.78. The van der Waals surface area contributed by atoms with E-state index in [1.807, 2.05) is 0 Å². The third kappa shape index (κ3) is 5.20. The lowest BCUT2D eigenvalue weighted by molar-refractivity contribution is -0.132. The van der Waals surface area contributed by atoms with Crippen LogP contribution >= 0.6 is 0 Å². The molecule has 1 aliphatic rings. The second-order valence-corrected chi connectivity index (χ2v) is 7.33. The van der Waals surface area contributed by atoms with Gasteiger partial charge >= 0.3 is 6.09 Å². The summed E-state index contributed by atoms with van der Waals surface area (Å²) in [5, 5.41) is 0. The van der Waals surface area contributed by atoms with Crippen molar-refractivity contribution >= 4 is 16.2 Å². The van der Waals surface area contributed by atoms with Crippen molar-refractivity contribution in [1.82, 2.24) is 4.90 Å². The van der Waals surface area contributed by atoms with Gasteiger partial charge in [0.1, 0.15) is 5.60 Å². The Morgan fingerprint density at radius 1 is 1.35 bits per heavy atom. The zero-order chi connectivity index (χ0) is 15.8. The lowest BCUT2D eigenvalue weighted by Gasteiger charge is -2.37. The summed E-state index contributed by atoms with van der Waals surface area (Å²) in [6.45, 7) is 4.19. The molecule has 0 radical (unpaired) electrons. The molecule has 1 amide bonds. The zero-order valence-electron chi connectivity index (χ0n) is 11.9. The number of nitrogens with zero attached hydrogens (tertiary/aromatic N) is 1. The van der Waals surface area contributed by atoms with Crippen LogP contribution in [-0.2, 0) is 19.0 Å². The van der Waals surface area contributed by atoms with Crippen LogP contribution in [-0.4, -0.2) is 56.4 Å². The van der Waals surface area contributed by atoms with Crippen LogP contribution in [0.4, 0.5) is 13.6 Å². The summed E-state index contributed by atoms with van der Waals surface area (Å²) in [7, 11) is -4.04. The number of carbonyl (C=O) groups excluding carboxylic acids is 1. The Kier molecular flexibility index (Phi) is 4.65. The van der Waals surface area contributed by atoms with Gasteiger partial charge in [-0.1, -0.05) is 0 Å². The van der Waals surface area contributed by atoms with Gasteiger partial charge in [0, 0.05) is 13.0 Å². The molecule has 20 heavy (non-hydrogen) atoms. The molecule has 0 aromatic heterocycles. The van der Waals surface area contributed by atoms with Crippen LogP contribution in [0.5, 0.6) is 0 Å². The molecule has 0 aliphatic carbocycles. The third-order valence-corrected chi connectivity index (χ3v) is 3.10. The molecular formula is C11H19F2NO5S. The summed E-state index contributed by atoms with van der Waals surface area (Å²) < 4.78 is 58.7. The summed E-state index contributed by atoms with van der Waals surface area (Å²) >= 11 is 0. The molecule has 1 aliphatic heterocycles. The molecule has 0 bridgehead atoms. The van der Waals surface area contributed by atoms with Gasteiger partial charge < -0.3 is 9.64 Å². The van der Waals surface area contributed by atoms with Crippen molar-refractivity contribution in [2.75, 3.05) is 19.3 Å². The number of halogens is 2. The first-order valence-electron chi connectivity index (χ1n) is 6.04. The van der Waals surface area contributed by atoms with Gasteiger partial charge in [0.15, 0.2) is 6.10 Å². The number of likely N-dealkylation sites (tertiary alicyclic amines) is 1. The number of hydrogen-bond donors (Lipinski definition) is 0. The first kappa shape index (κ1) is 17.1. The third-order valence-electron chi connectivity index (χ3n) is 2.51. The Bertz CT molecular complexity index is 472. The second kappa shape index (κ2) is 5.44. The number of alkyl halides is 2. The van der Waals surface area contributed by atoms with Crippen LogP contribution in [0.1, 0.15) is 27.2 Å². The van der Waals surface area contributed by atoms with Crippen molar-refractivity contribution in [3.8, 4) is 0 Å². The van der Waals surface area contributed by atoms with Crippen molar-refractivity contribution in [2.45, 2.75) is 44.8 Å². The molecule has 0 aromatic rings. The first-order valence-corrected chi connectivity index (χ1v) is 7.86. The minimum atomic E-state index is -4.04. The van der Waals surface area contributed by atoms with E-state index in [1.54, 1.807) is 20.8 Å². The van der Waals surface area contributed by atoms with Crippen molar-refractivity contribution in [1.29, 1.82) is 0 Å². The van der Waals surface area contributed by atoms with Gasteiger partial charge in [-0.2, -0.15) is 8.42 Å². The Morgan fingerprint density at radius 2 is 1.90 bits per heavy atom. The van der Waals surface area contributed by atoms with Crippen molar-refractivity contribution < 1.29 is 30.9 Å². The SMILES string of the molecule is CC(C)(C)OC(=O)N1CCC(F)(F)[C@@H](OS(C)(=O)=O)C1. The summed E-state index contributed by atoms with van der Waals surface area (Å²) in [5.74, 6) is -3.30. The normalized spacial score (nSPS) is 23.5. The molecule has 0 saturated carbocycles. The molecule has 1 saturated heterocycles. The first-order chi connectivity index (χ1) is 8.80. The van der Waals surface area contributed by atoms with Gasteiger partial charge in [-0.15, -0.1) is 0 Å². The topological polar surface area (TPSA) is 72.9 Å². The van der Waals surface area contributed by atoms with E-state index in [-0.39, 0.29) is 6.54 Å². The van der Waals surface area contributed by atoms with Crippen molar-refractivity contribution in [3.63, 3.8) is 0 Å². The molecule has 6 nitrogen and oxygen atoms in total.